The highest BCUT2D eigenvalue weighted by molar-refractivity contribution is 7.18. The van der Waals surface area contributed by atoms with Crippen molar-refractivity contribution in [3.63, 3.8) is 0 Å². The van der Waals surface area contributed by atoms with Gasteiger partial charge in [-0.05, 0) is 37.6 Å². The normalized spacial score (nSPS) is 11.0. The van der Waals surface area contributed by atoms with Crippen LogP contribution in [-0.2, 0) is 11.3 Å². The Balaban J connectivity index is 1.73. The van der Waals surface area contributed by atoms with Gasteiger partial charge in [0, 0.05) is 23.5 Å². The van der Waals surface area contributed by atoms with Crippen LogP contribution in [0.2, 0.25) is 10.0 Å². The van der Waals surface area contributed by atoms with Crippen molar-refractivity contribution >= 4 is 56.3 Å². The summed E-state index contributed by atoms with van der Waals surface area (Å²) >= 11 is 13.3. The Morgan fingerprint density at radius 2 is 2.04 bits per heavy atom. The van der Waals surface area contributed by atoms with E-state index in [9.17, 15) is 9.59 Å². The molecular formula is C17H15Cl2N3O2S. The van der Waals surface area contributed by atoms with Gasteiger partial charge >= 0.3 is 0 Å². The molecule has 2 aromatic heterocycles. The van der Waals surface area contributed by atoms with E-state index in [-0.39, 0.29) is 24.4 Å². The summed E-state index contributed by atoms with van der Waals surface area (Å²) in [6.45, 7) is 4.14. The number of carbonyl (C=O) groups excluding carboxylic acids is 1. The lowest BCUT2D eigenvalue weighted by atomic mass is 10.2. The molecule has 3 aromatic rings. The van der Waals surface area contributed by atoms with Crippen molar-refractivity contribution < 1.29 is 4.79 Å². The maximum Gasteiger partial charge on any atom is 0.262 e. The van der Waals surface area contributed by atoms with Gasteiger partial charge in [0.2, 0.25) is 5.91 Å². The van der Waals surface area contributed by atoms with Crippen LogP contribution in [0.3, 0.4) is 0 Å². The number of aromatic nitrogens is 2. The van der Waals surface area contributed by atoms with E-state index in [0.717, 1.165) is 15.3 Å². The molecule has 8 heteroatoms. The number of fused-ring (bicyclic) bond motifs is 1. The van der Waals surface area contributed by atoms with Crippen LogP contribution in [0.15, 0.2) is 29.3 Å². The number of aryl methyl sites for hydroxylation is 3. The number of thiophene rings is 1. The third kappa shape index (κ3) is 3.71. The lowest BCUT2D eigenvalue weighted by molar-refractivity contribution is -0.116. The summed E-state index contributed by atoms with van der Waals surface area (Å²) in [6.07, 6.45) is 1.64. The van der Waals surface area contributed by atoms with E-state index in [1.807, 2.05) is 13.8 Å². The van der Waals surface area contributed by atoms with Gasteiger partial charge in [0.25, 0.3) is 5.56 Å². The number of nitrogens with one attached hydrogen (secondary N) is 1. The first-order valence-electron chi connectivity index (χ1n) is 7.57. The van der Waals surface area contributed by atoms with E-state index < -0.39 is 0 Å². The third-order valence-corrected chi connectivity index (χ3v) is 5.79. The zero-order chi connectivity index (χ0) is 18.1. The summed E-state index contributed by atoms with van der Waals surface area (Å²) in [5.74, 6) is -0.219. The van der Waals surface area contributed by atoms with Crippen molar-refractivity contribution in [1.82, 2.24) is 9.55 Å². The fraction of sp³-hybridized carbons (Fsp3) is 0.235. The smallest absolute Gasteiger partial charge is 0.262 e. The summed E-state index contributed by atoms with van der Waals surface area (Å²) in [5.41, 5.74) is 1.39. The highest BCUT2D eigenvalue weighted by Crippen LogP contribution is 2.26. The van der Waals surface area contributed by atoms with Crippen LogP contribution in [0.5, 0.6) is 0 Å². The molecule has 2 heterocycles. The summed E-state index contributed by atoms with van der Waals surface area (Å²) in [7, 11) is 0. The lowest BCUT2D eigenvalue weighted by Gasteiger charge is -2.08. The standard InChI is InChI=1S/C17H15Cl2N3O2S/c1-9-10(2)25-16-15(9)17(24)22(8-20-16)6-5-14(23)21-11-3-4-12(18)13(19)7-11/h3-4,7-8H,5-6H2,1-2H3,(H,21,23). The fourth-order valence-corrected chi connectivity index (χ4v) is 3.73. The van der Waals surface area contributed by atoms with Gasteiger partial charge in [-0.3, -0.25) is 14.2 Å². The fourth-order valence-electron chi connectivity index (χ4n) is 2.45. The Labute approximate surface area is 158 Å². The van der Waals surface area contributed by atoms with Gasteiger partial charge in [-0.2, -0.15) is 0 Å². The zero-order valence-electron chi connectivity index (χ0n) is 13.6. The molecule has 3 rings (SSSR count). The van der Waals surface area contributed by atoms with Crippen LogP contribution in [0.1, 0.15) is 16.9 Å². The summed E-state index contributed by atoms with van der Waals surface area (Å²) in [6, 6.07) is 4.87. The number of carbonyl (C=O) groups is 1. The maximum absolute atomic E-state index is 12.6. The lowest BCUT2D eigenvalue weighted by Crippen LogP contribution is -2.23. The zero-order valence-corrected chi connectivity index (χ0v) is 15.9. The van der Waals surface area contributed by atoms with Crippen molar-refractivity contribution in [2.45, 2.75) is 26.8 Å². The van der Waals surface area contributed by atoms with Crippen molar-refractivity contribution in [2.75, 3.05) is 5.32 Å². The second-order valence-electron chi connectivity index (χ2n) is 5.63. The molecule has 0 unspecified atom stereocenters. The van der Waals surface area contributed by atoms with E-state index >= 15 is 0 Å². The molecular weight excluding hydrogens is 381 g/mol. The first-order valence-corrected chi connectivity index (χ1v) is 9.14. The Kier molecular flexibility index (Phi) is 5.13. The molecule has 0 atom stereocenters. The minimum atomic E-state index is -0.219. The van der Waals surface area contributed by atoms with E-state index in [1.165, 1.54) is 22.2 Å². The van der Waals surface area contributed by atoms with Gasteiger partial charge in [-0.15, -0.1) is 11.3 Å². The van der Waals surface area contributed by atoms with Crippen molar-refractivity contribution in [3.8, 4) is 0 Å². The molecule has 25 heavy (non-hydrogen) atoms. The van der Waals surface area contributed by atoms with Crippen LogP contribution in [0.25, 0.3) is 10.2 Å². The van der Waals surface area contributed by atoms with E-state index in [2.05, 4.69) is 10.3 Å². The molecule has 0 bridgehead atoms. The Morgan fingerprint density at radius 3 is 2.76 bits per heavy atom. The molecule has 1 aromatic carbocycles. The van der Waals surface area contributed by atoms with E-state index in [1.54, 1.807) is 18.2 Å². The monoisotopic (exact) mass is 395 g/mol. The van der Waals surface area contributed by atoms with Crippen molar-refractivity contribution in [3.05, 3.63) is 55.4 Å². The summed E-state index contributed by atoms with van der Waals surface area (Å²) < 4.78 is 1.47. The van der Waals surface area contributed by atoms with Crippen LogP contribution in [0, 0.1) is 13.8 Å². The minimum absolute atomic E-state index is 0.116. The van der Waals surface area contributed by atoms with Gasteiger partial charge in [0.15, 0.2) is 0 Å². The number of nitrogens with zero attached hydrogens (tertiary/aromatic N) is 2. The Bertz CT molecular complexity index is 1030. The van der Waals surface area contributed by atoms with E-state index in [4.69, 9.17) is 23.2 Å². The molecule has 0 aliphatic carbocycles. The molecule has 1 amide bonds. The molecule has 0 aliphatic rings. The van der Waals surface area contributed by atoms with E-state index in [0.29, 0.717) is 21.1 Å². The second kappa shape index (κ2) is 7.15. The van der Waals surface area contributed by atoms with Crippen LogP contribution in [-0.4, -0.2) is 15.5 Å². The van der Waals surface area contributed by atoms with Crippen molar-refractivity contribution in [2.24, 2.45) is 0 Å². The molecule has 0 saturated carbocycles. The summed E-state index contributed by atoms with van der Waals surface area (Å²) in [5, 5.41) is 4.16. The largest absolute Gasteiger partial charge is 0.326 e. The van der Waals surface area contributed by atoms with Gasteiger partial charge < -0.3 is 5.32 Å². The molecule has 0 radical (unpaired) electrons. The number of hydrogen-bond donors (Lipinski definition) is 1. The number of rotatable bonds is 4. The van der Waals surface area contributed by atoms with Gasteiger partial charge in [-0.1, -0.05) is 23.2 Å². The number of halogens is 2. The number of benzene rings is 1. The molecule has 0 spiro atoms. The van der Waals surface area contributed by atoms with Crippen LogP contribution < -0.4 is 10.9 Å². The van der Waals surface area contributed by atoms with Crippen LogP contribution >= 0.6 is 34.5 Å². The SMILES string of the molecule is Cc1sc2ncn(CCC(=O)Nc3ccc(Cl)c(Cl)c3)c(=O)c2c1C. The van der Waals surface area contributed by atoms with Gasteiger partial charge in [0.1, 0.15) is 4.83 Å². The van der Waals surface area contributed by atoms with Crippen molar-refractivity contribution in [1.29, 1.82) is 0 Å². The van der Waals surface area contributed by atoms with Gasteiger partial charge in [-0.25, -0.2) is 4.98 Å². The molecule has 0 aliphatic heterocycles. The van der Waals surface area contributed by atoms with Crippen LogP contribution in [0.4, 0.5) is 5.69 Å². The highest BCUT2D eigenvalue weighted by Gasteiger charge is 2.13. The number of anilines is 1. The average molecular weight is 396 g/mol. The van der Waals surface area contributed by atoms with Gasteiger partial charge in [0.05, 0.1) is 21.8 Å². The highest BCUT2D eigenvalue weighted by atomic mass is 35.5. The molecule has 0 saturated heterocycles. The quantitative estimate of drug-likeness (QED) is 0.711. The first kappa shape index (κ1) is 17.9. The number of amides is 1. The first-order chi connectivity index (χ1) is 11.9. The topological polar surface area (TPSA) is 64.0 Å². The predicted octanol–water partition coefficient (Wildman–Crippen LogP) is 4.41. The number of hydrogen-bond acceptors (Lipinski definition) is 4. The molecule has 0 fully saturated rings. The third-order valence-electron chi connectivity index (χ3n) is 3.94. The molecule has 5 nitrogen and oxygen atoms in total. The summed E-state index contributed by atoms with van der Waals surface area (Å²) in [4.78, 5) is 30.8. The molecule has 1 N–H and O–H groups in total. The minimum Gasteiger partial charge on any atom is -0.326 e. The maximum atomic E-state index is 12.6. The second-order valence-corrected chi connectivity index (χ2v) is 7.65. The average Bonchev–Trinajstić information content (AvgIpc) is 2.86. The molecule has 130 valence electrons. The Morgan fingerprint density at radius 1 is 1.28 bits per heavy atom. The predicted molar refractivity (Wildman–Crippen MR) is 103 cm³/mol. The Hall–Kier alpha value is -1.89.